The van der Waals surface area contributed by atoms with Crippen molar-refractivity contribution in [3.05, 3.63) is 29.3 Å². The van der Waals surface area contributed by atoms with E-state index in [9.17, 15) is 14.4 Å². The highest BCUT2D eigenvalue weighted by molar-refractivity contribution is 6.02. The normalized spacial score (nSPS) is 14.3. The Morgan fingerprint density at radius 1 is 1.40 bits per heavy atom. The molecule has 20 heavy (non-hydrogen) atoms. The molecular formula is C13H14N2O5. The number of hydrogen-bond donors (Lipinski definition) is 4. The van der Waals surface area contributed by atoms with Gasteiger partial charge in [-0.2, -0.15) is 0 Å². The molecule has 106 valence electrons. The van der Waals surface area contributed by atoms with E-state index in [2.05, 4.69) is 10.6 Å². The minimum atomic E-state index is -1.20. The van der Waals surface area contributed by atoms with Crippen LogP contribution in [0.4, 0.5) is 5.69 Å². The van der Waals surface area contributed by atoms with E-state index in [1.54, 1.807) is 12.1 Å². The molecule has 1 atom stereocenters. The van der Waals surface area contributed by atoms with Crippen LogP contribution in [0.3, 0.4) is 0 Å². The first-order chi connectivity index (χ1) is 9.51. The predicted molar refractivity (Wildman–Crippen MR) is 69.4 cm³/mol. The lowest BCUT2D eigenvalue weighted by atomic mass is 10.1. The summed E-state index contributed by atoms with van der Waals surface area (Å²) in [6, 6.07) is 3.54. The molecule has 1 aromatic carbocycles. The summed E-state index contributed by atoms with van der Waals surface area (Å²) in [7, 11) is 0. The van der Waals surface area contributed by atoms with Gasteiger partial charge in [0.05, 0.1) is 6.42 Å². The molecule has 2 amide bonds. The molecule has 2 rings (SSSR count). The quantitative estimate of drug-likeness (QED) is 0.592. The summed E-state index contributed by atoms with van der Waals surface area (Å²) in [4.78, 5) is 34.1. The van der Waals surface area contributed by atoms with Gasteiger partial charge in [-0.1, -0.05) is 0 Å². The molecule has 0 saturated heterocycles. The highest BCUT2D eigenvalue weighted by atomic mass is 16.4. The molecule has 7 heteroatoms. The second-order valence-electron chi connectivity index (χ2n) is 4.47. The number of carbonyl (C=O) groups excluding carboxylic acids is 2. The average molecular weight is 278 g/mol. The Hall–Kier alpha value is -2.41. The maximum atomic E-state index is 12.0. The van der Waals surface area contributed by atoms with E-state index in [4.69, 9.17) is 10.2 Å². The van der Waals surface area contributed by atoms with Crippen molar-refractivity contribution in [3.8, 4) is 0 Å². The van der Waals surface area contributed by atoms with Crippen LogP contribution < -0.4 is 10.6 Å². The Kier molecular flexibility index (Phi) is 3.99. The summed E-state index contributed by atoms with van der Waals surface area (Å²) < 4.78 is 0. The summed E-state index contributed by atoms with van der Waals surface area (Å²) in [5.74, 6) is -1.89. The fourth-order valence-electron chi connectivity index (χ4n) is 2.00. The highest BCUT2D eigenvalue weighted by Crippen LogP contribution is 2.23. The number of aliphatic hydroxyl groups is 1. The number of carboxylic acid groups (broad SMARTS) is 1. The minimum Gasteiger partial charge on any atom is -0.480 e. The van der Waals surface area contributed by atoms with Gasteiger partial charge in [-0.15, -0.1) is 0 Å². The lowest BCUT2D eigenvalue weighted by molar-refractivity contribution is -0.139. The lowest BCUT2D eigenvalue weighted by Crippen LogP contribution is -2.41. The first-order valence-corrected chi connectivity index (χ1v) is 6.08. The number of amides is 2. The first kappa shape index (κ1) is 14.0. The van der Waals surface area contributed by atoms with E-state index in [1.807, 2.05) is 0 Å². The molecule has 0 bridgehead atoms. The zero-order valence-electron chi connectivity index (χ0n) is 10.5. The molecular weight excluding hydrogens is 264 g/mol. The summed E-state index contributed by atoms with van der Waals surface area (Å²) in [5, 5.41) is 22.7. The molecule has 0 saturated carbocycles. The van der Waals surface area contributed by atoms with E-state index in [1.165, 1.54) is 6.07 Å². The largest absolute Gasteiger partial charge is 0.480 e. The average Bonchev–Trinajstić information content (AvgIpc) is 2.76. The van der Waals surface area contributed by atoms with Crippen molar-refractivity contribution < 1.29 is 24.6 Å². The number of carbonyl (C=O) groups is 3. The van der Waals surface area contributed by atoms with Crippen molar-refractivity contribution in [2.45, 2.75) is 18.9 Å². The standard InChI is InChI=1S/C13H14N2O5/c16-4-3-10(13(19)20)15-12(18)7-1-2-9-8(5-7)6-11(17)14-9/h1-2,5,10,16H,3-4,6H2,(H,14,17)(H,15,18)(H,19,20)/t10-/m1/s1. The Morgan fingerprint density at radius 3 is 2.80 bits per heavy atom. The lowest BCUT2D eigenvalue weighted by Gasteiger charge is -2.13. The third-order valence-electron chi connectivity index (χ3n) is 3.01. The molecule has 0 spiro atoms. The maximum absolute atomic E-state index is 12.0. The number of benzene rings is 1. The number of hydrogen-bond acceptors (Lipinski definition) is 4. The van der Waals surface area contributed by atoms with Gasteiger partial charge in [0.1, 0.15) is 6.04 Å². The minimum absolute atomic E-state index is 0.0634. The van der Waals surface area contributed by atoms with Crippen molar-refractivity contribution >= 4 is 23.5 Å². The molecule has 1 aliphatic rings. The SMILES string of the molecule is O=C1Cc2cc(C(=O)N[C@H](CCO)C(=O)O)ccc2N1. The van der Waals surface area contributed by atoms with Gasteiger partial charge in [-0.05, 0) is 23.8 Å². The van der Waals surface area contributed by atoms with E-state index in [-0.39, 0.29) is 30.9 Å². The van der Waals surface area contributed by atoms with Crippen LogP contribution in [0.1, 0.15) is 22.3 Å². The maximum Gasteiger partial charge on any atom is 0.326 e. The van der Waals surface area contributed by atoms with Gasteiger partial charge >= 0.3 is 5.97 Å². The van der Waals surface area contributed by atoms with Crippen LogP contribution in [0.5, 0.6) is 0 Å². The number of nitrogens with one attached hydrogen (secondary N) is 2. The van der Waals surface area contributed by atoms with Gasteiger partial charge in [-0.25, -0.2) is 4.79 Å². The number of aliphatic hydroxyl groups excluding tert-OH is 1. The van der Waals surface area contributed by atoms with Crippen LogP contribution in [0.25, 0.3) is 0 Å². The second-order valence-corrected chi connectivity index (χ2v) is 4.47. The Morgan fingerprint density at radius 2 is 2.15 bits per heavy atom. The van der Waals surface area contributed by atoms with Gasteiger partial charge in [0.2, 0.25) is 5.91 Å². The van der Waals surface area contributed by atoms with Crippen molar-refractivity contribution in [2.75, 3.05) is 11.9 Å². The molecule has 0 unspecified atom stereocenters. The topological polar surface area (TPSA) is 116 Å². The van der Waals surface area contributed by atoms with Crippen molar-refractivity contribution in [2.24, 2.45) is 0 Å². The van der Waals surface area contributed by atoms with E-state index >= 15 is 0 Å². The Bertz CT molecular complexity index is 570. The van der Waals surface area contributed by atoms with Crippen LogP contribution in [-0.2, 0) is 16.0 Å². The zero-order valence-corrected chi connectivity index (χ0v) is 10.5. The Balaban J connectivity index is 2.12. The van der Waals surface area contributed by atoms with Crippen LogP contribution in [0.15, 0.2) is 18.2 Å². The van der Waals surface area contributed by atoms with Crippen LogP contribution in [0, 0.1) is 0 Å². The zero-order chi connectivity index (χ0) is 14.7. The van der Waals surface area contributed by atoms with E-state index < -0.39 is 17.9 Å². The number of rotatable bonds is 5. The van der Waals surface area contributed by atoms with Gasteiger partial charge in [0.25, 0.3) is 5.91 Å². The molecule has 0 aliphatic carbocycles. The van der Waals surface area contributed by atoms with Crippen molar-refractivity contribution in [3.63, 3.8) is 0 Å². The molecule has 4 N–H and O–H groups in total. The molecule has 0 radical (unpaired) electrons. The van der Waals surface area contributed by atoms with Crippen molar-refractivity contribution in [1.29, 1.82) is 0 Å². The van der Waals surface area contributed by atoms with Gasteiger partial charge < -0.3 is 20.8 Å². The monoisotopic (exact) mass is 278 g/mol. The molecule has 1 aromatic rings. The molecule has 1 aliphatic heterocycles. The van der Waals surface area contributed by atoms with Gasteiger partial charge in [0.15, 0.2) is 0 Å². The van der Waals surface area contributed by atoms with Crippen LogP contribution in [0.2, 0.25) is 0 Å². The number of anilines is 1. The van der Waals surface area contributed by atoms with Crippen LogP contribution in [-0.4, -0.2) is 40.6 Å². The van der Waals surface area contributed by atoms with E-state index in [0.29, 0.717) is 11.3 Å². The Labute approximate surface area is 114 Å². The first-order valence-electron chi connectivity index (χ1n) is 6.08. The molecule has 0 fully saturated rings. The summed E-state index contributed by atoms with van der Waals surface area (Å²) in [5.41, 5.74) is 1.65. The third-order valence-corrected chi connectivity index (χ3v) is 3.01. The van der Waals surface area contributed by atoms with Crippen molar-refractivity contribution in [1.82, 2.24) is 5.32 Å². The van der Waals surface area contributed by atoms with Crippen LogP contribution >= 0.6 is 0 Å². The fraction of sp³-hybridized carbons (Fsp3) is 0.308. The van der Waals surface area contributed by atoms with E-state index in [0.717, 1.165) is 0 Å². The molecule has 1 heterocycles. The summed E-state index contributed by atoms with van der Waals surface area (Å²) in [6.07, 6.45) is 0.140. The predicted octanol–water partition coefficient (Wildman–Crippen LogP) is -0.253. The van der Waals surface area contributed by atoms with Gasteiger partial charge in [-0.3, -0.25) is 9.59 Å². The summed E-state index contributed by atoms with van der Waals surface area (Å²) in [6.45, 7) is -0.333. The molecule has 0 aromatic heterocycles. The molecule has 7 nitrogen and oxygen atoms in total. The van der Waals surface area contributed by atoms with Gasteiger partial charge in [0, 0.05) is 24.3 Å². The second kappa shape index (κ2) is 5.70. The highest BCUT2D eigenvalue weighted by Gasteiger charge is 2.22. The third kappa shape index (κ3) is 2.94. The summed E-state index contributed by atoms with van der Waals surface area (Å²) >= 11 is 0. The number of aliphatic carboxylic acids is 1. The fourth-order valence-corrected chi connectivity index (χ4v) is 2.00. The number of fused-ring (bicyclic) bond motifs is 1. The number of carboxylic acids is 1. The smallest absolute Gasteiger partial charge is 0.326 e.